The van der Waals surface area contributed by atoms with E-state index in [0.29, 0.717) is 19.8 Å². The van der Waals surface area contributed by atoms with Crippen molar-refractivity contribution in [3.05, 3.63) is 17.9 Å². The molecule has 8 nitrogen and oxygen atoms in total. The monoisotopic (exact) mass is 345 g/mol. The minimum Gasteiger partial charge on any atom is -0.438 e. The van der Waals surface area contributed by atoms with Gasteiger partial charge < -0.3 is 14.5 Å². The van der Waals surface area contributed by atoms with Crippen molar-refractivity contribution in [2.75, 3.05) is 39.9 Å². The minimum atomic E-state index is -3.69. The van der Waals surface area contributed by atoms with Crippen molar-refractivity contribution in [3.8, 4) is 0 Å². The number of carbonyl (C=O) groups is 1. The van der Waals surface area contributed by atoms with Crippen LogP contribution in [0.4, 0.5) is 0 Å². The number of rotatable bonds is 6. The lowest BCUT2D eigenvalue weighted by molar-refractivity contribution is -0.00931. The van der Waals surface area contributed by atoms with E-state index in [9.17, 15) is 13.2 Å². The Balaban J connectivity index is 1.97. The highest BCUT2D eigenvalue weighted by molar-refractivity contribution is 7.89. The van der Waals surface area contributed by atoms with Crippen LogP contribution in [-0.2, 0) is 14.8 Å². The Morgan fingerprint density at radius 2 is 1.96 bits per heavy atom. The molecule has 1 fully saturated rings. The van der Waals surface area contributed by atoms with Gasteiger partial charge >= 0.3 is 0 Å². The Morgan fingerprint density at radius 1 is 1.30 bits per heavy atom. The van der Waals surface area contributed by atoms with Crippen molar-refractivity contribution in [2.24, 2.45) is 0 Å². The predicted octanol–water partition coefficient (Wildman–Crippen LogP) is 0.0283. The maximum Gasteiger partial charge on any atom is 0.287 e. The van der Waals surface area contributed by atoms with Crippen molar-refractivity contribution in [1.82, 2.24) is 14.9 Å². The lowest BCUT2D eigenvalue weighted by atomic mass is 10.0. The molecule has 0 aliphatic carbocycles. The molecule has 0 atom stereocenters. The molecule has 2 heterocycles. The molecule has 0 unspecified atom stereocenters. The Morgan fingerprint density at radius 3 is 2.57 bits per heavy atom. The summed E-state index contributed by atoms with van der Waals surface area (Å²) in [7, 11) is -2.41. The number of hydrogen-bond acceptors (Lipinski definition) is 6. The van der Waals surface area contributed by atoms with Crippen molar-refractivity contribution < 1.29 is 22.4 Å². The molecule has 1 amide bonds. The number of furan rings is 1. The molecule has 130 valence electrons. The summed E-state index contributed by atoms with van der Waals surface area (Å²) in [4.78, 5) is 14.4. The first kappa shape index (κ1) is 17.9. The zero-order chi connectivity index (χ0) is 17.1. The molecular weight excluding hydrogens is 322 g/mol. The van der Waals surface area contributed by atoms with E-state index in [1.54, 1.807) is 0 Å². The molecule has 1 aromatic heterocycles. The number of amides is 1. The van der Waals surface area contributed by atoms with Gasteiger partial charge in [-0.25, -0.2) is 13.1 Å². The van der Waals surface area contributed by atoms with Gasteiger partial charge in [0.25, 0.3) is 15.9 Å². The zero-order valence-corrected chi connectivity index (χ0v) is 14.4. The standard InChI is InChI=1S/C14H23N3O5S/c1-14(2,17-6-8-21-9-7-17)10-16-13(18)11-4-5-12(22-11)23(19,20)15-3/h4-5,15H,6-10H2,1-3H3,(H,16,18). The van der Waals surface area contributed by atoms with E-state index in [4.69, 9.17) is 9.15 Å². The van der Waals surface area contributed by atoms with Crippen LogP contribution in [0.5, 0.6) is 0 Å². The summed E-state index contributed by atoms with van der Waals surface area (Å²) >= 11 is 0. The molecule has 9 heteroatoms. The highest BCUT2D eigenvalue weighted by Crippen LogP contribution is 2.16. The third-order valence-corrected chi connectivity index (χ3v) is 5.17. The molecule has 0 bridgehead atoms. The normalized spacial score (nSPS) is 17.2. The van der Waals surface area contributed by atoms with Crippen LogP contribution in [0.25, 0.3) is 0 Å². The molecule has 1 aliphatic heterocycles. The average Bonchev–Trinajstić information content (AvgIpc) is 3.04. The first-order valence-electron chi connectivity index (χ1n) is 7.41. The molecule has 0 saturated carbocycles. The van der Waals surface area contributed by atoms with Gasteiger partial charge in [0.05, 0.1) is 13.2 Å². The third-order valence-electron chi connectivity index (χ3n) is 3.89. The summed E-state index contributed by atoms with van der Waals surface area (Å²) in [6, 6.07) is 2.61. The summed E-state index contributed by atoms with van der Waals surface area (Å²) in [5.74, 6) is -0.472. The molecule has 2 rings (SSSR count). The topological polar surface area (TPSA) is 101 Å². The van der Waals surface area contributed by atoms with Crippen LogP contribution < -0.4 is 10.0 Å². The smallest absolute Gasteiger partial charge is 0.287 e. The first-order valence-corrected chi connectivity index (χ1v) is 8.89. The number of nitrogens with zero attached hydrogens (tertiary/aromatic N) is 1. The SMILES string of the molecule is CNS(=O)(=O)c1ccc(C(=O)NCC(C)(C)N2CCOCC2)o1. The van der Waals surface area contributed by atoms with Crippen LogP contribution in [0, 0.1) is 0 Å². The van der Waals surface area contributed by atoms with Gasteiger partial charge in [-0.1, -0.05) is 0 Å². The molecule has 1 saturated heterocycles. The predicted molar refractivity (Wildman–Crippen MR) is 83.8 cm³/mol. The number of morpholine rings is 1. The van der Waals surface area contributed by atoms with Gasteiger partial charge in [-0.2, -0.15) is 0 Å². The van der Waals surface area contributed by atoms with Crippen molar-refractivity contribution in [3.63, 3.8) is 0 Å². The van der Waals surface area contributed by atoms with Crippen LogP contribution in [-0.4, -0.2) is 64.7 Å². The highest BCUT2D eigenvalue weighted by atomic mass is 32.2. The van der Waals surface area contributed by atoms with E-state index in [1.165, 1.54) is 19.2 Å². The Labute approximate surface area is 136 Å². The van der Waals surface area contributed by atoms with Crippen LogP contribution in [0.2, 0.25) is 0 Å². The first-order chi connectivity index (χ1) is 10.8. The largest absolute Gasteiger partial charge is 0.438 e. The molecule has 0 aromatic carbocycles. The fourth-order valence-electron chi connectivity index (χ4n) is 2.35. The van der Waals surface area contributed by atoms with Crippen molar-refractivity contribution in [1.29, 1.82) is 0 Å². The van der Waals surface area contributed by atoms with E-state index in [2.05, 4.69) is 14.9 Å². The Bertz CT molecular complexity index is 647. The third kappa shape index (κ3) is 4.31. The zero-order valence-electron chi connectivity index (χ0n) is 13.6. The number of hydrogen-bond donors (Lipinski definition) is 2. The number of sulfonamides is 1. The molecule has 1 aliphatic rings. The molecule has 23 heavy (non-hydrogen) atoms. The fraction of sp³-hybridized carbons (Fsp3) is 0.643. The van der Waals surface area contributed by atoms with E-state index < -0.39 is 15.9 Å². The summed E-state index contributed by atoms with van der Waals surface area (Å²) in [6.45, 7) is 7.49. The van der Waals surface area contributed by atoms with Gasteiger partial charge in [0, 0.05) is 25.2 Å². The Kier molecular flexibility index (Phi) is 5.45. The molecule has 1 aromatic rings. The lowest BCUT2D eigenvalue weighted by Gasteiger charge is -2.40. The van der Waals surface area contributed by atoms with Gasteiger partial charge in [0.1, 0.15) is 0 Å². The second kappa shape index (κ2) is 7.00. The van der Waals surface area contributed by atoms with Gasteiger partial charge in [0.15, 0.2) is 5.76 Å². The van der Waals surface area contributed by atoms with Crippen LogP contribution in [0.15, 0.2) is 21.6 Å². The van der Waals surface area contributed by atoms with Gasteiger partial charge in [0.2, 0.25) is 5.09 Å². The quantitative estimate of drug-likeness (QED) is 0.754. The maximum atomic E-state index is 12.1. The number of ether oxygens (including phenoxy) is 1. The summed E-state index contributed by atoms with van der Waals surface area (Å²) in [5.41, 5.74) is -0.230. The highest BCUT2D eigenvalue weighted by Gasteiger charge is 2.29. The van der Waals surface area contributed by atoms with Crippen molar-refractivity contribution >= 4 is 15.9 Å². The summed E-state index contributed by atoms with van der Waals surface area (Å²) in [5, 5.41) is 2.51. The van der Waals surface area contributed by atoms with Gasteiger partial charge in [-0.15, -0.1) is 0 Å². The van der Waals surface area contributed by atoms with Crippen LogP contribution in [0.3, 0.4) is 0 Å². The molecule has 2 N–H and O–H groups in total. The van der Waals surface area contributed by atoms with E-state index >= 15 is 0 Å². The summed E-state index contributed by atoms with van der Waals surface area (Å²) < 4.78 is 35.8. The minimum absolute atomic E-state index is 0.0309. The molecule has 0 spiro atoms. The van der Waals surface area contributed by atoms with E-state index in [-0.39, 0.29) is 16.4 Å². The number of carbonyl (C=O) groups excluding carboxylic acids is 1. The van der Waals surface area contributed by atoms with E-state index in [0.717, 1.165) is 13.1 Å². The van der Waals surface area contributed by atoms with Gasteiger partial charge in [-0.3, -0.25) is 9.69 Å². The average molecular weight is 345 g/mol. The summed E-state index contributed by atoms with van der Waals surface area (Å²) in [6.07, 6.45) is 0. The molecule has 0 radical (unpaired) electrons. The Hall–Kier alpha value is -1.42. The van der Waals surface area contributed by atoms with E-state index in [1.807, 2.05) is 13.8 Å². The number of nitrogens with one attached hydrogen (secondary N) is 2. The second-order valence-electron chi connectivity index (χ2n) is 5.92. The fourth-order valence-corrected chi connectivity index (χ4v) is 3.00. The maximum absolute atomic E-state index is 12.1. The molecular formula is C14H23N3O5S. The van der Waals surface area contributed by atoms with Gasteiger partial charge in [-0.05, 0) is 33.0 Å². The van der Waals surface area contributed by atoms with Crippen molar-refractivity contribution in [2.45, 2.75) is 24.5 Å². The van der Waals surface area contributed by atoms with Crippen LogP contribution in [0.1, 0.15) is 24.4 Å². The second-order valence-corrected chi connectivity index (χ2v) is 7.74. The van der Waals surface area contributed by atoms with Crippen LogP contribution >= 0.6 is 0 Å². The lowest BCUT2D eigenvalue weighted by Crippen LogP contribution is -2.55.